The third-order valence-electron chi connectivity index (χ3n) is 1.18. The van der Waals surface area contributed by atoms with E-state index < -0.39 is 40.7 Å². The fraction of sp³-hybridized carbons (Fsp3) is 0.571. The fourth-order valence-electron chi connectivity index (χ4n) is 0.476. The fourth-order valence-corrected chi connectivity index (χ4v) is 0.774. The first-order valence-corrected chi connectivity index (χ1v) is 5.84. The normalized spacial score (nSPS) is 10.0. The van der Waals surface area contributed by atoms with Crippen LogP contribution >= 0.6 is 0 Å². The summed E-state index contributed by atoms with van der Waals surface area (Å²) in [5.74, 6) is -4.18. The number of carbonyl (C=O) groups excluding carboxylic acids is 1. The van der Waals surface area contributed by atoms with Gasteiger partial charge in [-0.3, -0.25) is 14.1 Å². The molecule has 0 unspecified atom stereocenters. The van der Waals surface area contributed by atoms with Crippen LogP contribution in [0.15, 0.2) is 0 Å². The zero-order valence-electron chi connectivity index (χ0n) is 8.70. The van der Waals surface area contributed by atoms with E-state index in [1.54, 1.807) is 0 Å². The van der Waals surface area contributed by atoms with Crippen LogP contribution in [0.2, 0.25) is 0 Å². The lowest BCUT2D eigenvalue weighted by molar-refractivity contribution is -0.149. The van der Waals surface area contributed by atoms with Gasteiger partial charge in [-0.15, -0.1) is 0 Å². The van der Waals surface area contributed by atoms with Crippen LogP contribution in [0.1, 0.15) is 12.8 Å². The van der Waals surface area contributed by atoms with Gasteiger partial charge in [0.05, 0.1) is 12.2 Å². The van der Waals surface area contributed by atoms with Crippen molar-refractivity contribution in [3.05, 3.63) is 0 Å². The largest absolute Gasteiger partial charge is 0.481 e. The predicted molar refractivity (Wildman–Crippen MR) is 55.0 cm³/mol. The number of Topliss-reactive ketones (excluding diaryl/α,β-unsaturated/α-hetero) is 1. The third kappa shape index (κ3) is 17.1. The number of hydrogen-bond donors (Lipinski definition) is 4. The minimum absolute atomic E-state index is 0.0289. The Morgan fingerprint density at radius 3 is 1.71 bits per heavy atom. The Hall–Kier alpha value is -1.52. The van der Waals surface area contributed by atoms with E-state index in [0.29, 0.717) is 0 Å². The maximum atomic E-state index is 10.2. The lowest BCUT2D eigenvalue weighted by atomic mass is 10.2. The number of ketones is 1. The van der Waals surface area contributed by atoms with E-state index in [1.165, 1.54) is 0 Å². The van der Waals surface area contributed by atoms with Crippen LogP contribution in [0, 0.1) is 0 Å². The lowest BCUT2D eigenvalue weighted by Gasteiger charge is -1.88. The van der Waals surface area contributed by atoms with Gasteiger partial charge in [-0.05, 0) is 0 Å². The molecule has 0 aliphatic rings. The smallest absolute Gasteiger partial charge is 0.372 e. The minimum atomic E-state index is -3.80. The number of nitrogens with two attached hydrogens (primary N) is 1. The van der Waals surface area contributed by atoms with Crippen molar-refractivity contribution >= 4 is 27.8 Å². The maximum absolute atomic E-state index is 10.2. The van der Waals surface area contributed by atoms with Crippen molar-refractivity contribution < 1.29 is 37.6 Å². The van der Waals surface area contributed by atoms with E-state index in [2.05, 4.69) is 0 Å². The second-order valence-corrected chi connectivity index (χ2v) is 4.27. The first-order chi connectivity index (χ1) is 7.60. The summed E-state index contributed by atoms with van der Waals surface area (Å²) in [6.07, 6.45) is -0.865. The van der Waals surface area contributed by atoms with Crippen LogP contribution < -0.4 is 5.73 Å². The Bertz CT molecular complexity index is 373. The van der Waals surface area contributed by atoms with E-state index in [9.17, 15) is 22.8 Å². The van der Waals surface area contributed by atoms with E-state index in [4.69, 9.17) is 20.5 Å². The molecule has 10 heteroatoms. The van der Waals surface area contributed by atoms with Gasteiger partial charge in [0.1, 0.15) is 0 Å². The summed E-state index contributed by atoms with van der Waals surface area (Å²) in [7, 11) is -3.80. The van der Waals surface area contributed by atoms with Gasteiger partial charge in [-0.25, -0.2) is 4.79 Å². The molecule has 0 aromatic rings. The van der Waals surface area contributed by atoms with Gasteiger partial charge in [0.15, 0.2) is 0 Å². The van der Waals surface area contributed by atoms with Gasteiger partial charge < -0.3 is 15.9 Å². The third-order valence-corrected chi connectivity index (χ3v) is 1.93. The Kier molecular flexibility index (Phi) is 9.05. The summed E-state index contributed by atoms with van der Waals surface area (Å²) >= 11 is 0. The van der Waals surface area contributed by atoms with Crippen LogP contribution in [0.4, 0.5) is 0 Å². The zero-order valence-corrected chi connectivity index (χ0v) is 9.51. The molecule has 17 heavy (non-hydrogen) atoms. The first kappa shape index (κ1) is 17.9. The molecule has 9 nitrogen and oxygen atoms in total. The molecule has 0 bridgehead atoms. The molecule has 0 rings (SSSR count). The van der Waals surface area contributed by atoms with E-state index in [-0.39, 0.29) is 12.3 Å². The monoisotopic (exact) mass is 271 g/mol. The van der Waals surface area contributed by atoms with Crippen molar-refractivity contribution in [2.24, 2.45) is 5.73 Å². The number of carboxylic acid groups (broad SMARTS) is 2. The predicted octanol–water partition coefficient (Wildman–Crippen LogP) is -1.66. The molecular formula is C7H13NO8S. The molecule has 0 radical (unpaired) electrons. The number of carboxylic acids is 2. The van der Waals surface area contributed by atoms with Gasteiger partial charge in [0, 0.05) is 13.0 Å². The average molecular weight is 271 g/mol. The minimum Gasteiger partial charge on any atom is -0.481 e. The number of aliphatic carboxylic acids is 2. The summed E-state index contributed by atoms with van der Waals surface area (Å²) in [6, 6.07) is 0. The summed E-state index contributed by atoms with van der Waals surface area (Å²) in [4.78, 5) is 29.7. The molecule has 0 amide bonds. The Morgan fingerprint density at radius 1 is 1.06 bits per heavy atom. The number of rotatable bonds is 6. The molecule has 0 spiro atoms. The van der Waals surface area contributed by atoms with Gasteiger partial charge >= 0.3 is 11.9 Å². The Labute approximate surface area is 97.0 Å². The van der Waals surface area contributed by atoms with Crippen LogP contribution in [0.25, 0.3) is 0 Å². The topological polar surface area (TPSA) is 172 Å². The molecule has 5 N–H and O–H groups in total. The van der Waals surface area contributed by atoms with Gasteiger partial charge in [0.25, 0.3) is 10.1 Å². The van der Waals surface area contributed by atoms with E-state index in [1.807, 2.05) is 0 Å². The molecule has 0 saturated heterocycles. The molecule has 100 valence electrons. The van der Waals surface area contributed by atoms with Crippen LogP contribution in [0.3, 0.4) is 0 Å². The highest BCUT2D eigenvalue weighted by atomic mass is 32.2. The molecule has 0 aromatic carbocycles. The van der Waals surface area contributed by atoms with Gasteiger partial charge in [0.2, 0.25) is 5.78 Å². The van der Waals surface area contributed by atoms with Gasteiger partial charge in [-0.2, -0.15) is 8.42 Å². The highest BCUT2D eigenvalue weighted by Crippen LogP contribution is 1.89. The second-order valence-electron chi connectivity index (χ2n) is 2.70. The van der Waals surface area contributed by atoms with Crippen molar-refractivity contribution in [3.8, 4) is 0 Å². The van der Waals surface area contributed by atoms with Crippen LogP contribution in [-0.2, 0) is 24.5 Å². The standard InChI is InChI=1S/C5H6O5.C2H7NO3S/c6-3(5(9)10)1-2-4(7)8;3-1-2-7(4,5)6/h1-2H2,(H,7,8)(H,9,10);1-3H2,(H,4,5,6). The summed E-state index contributed by atoms with van der Waals surface area (Å²) in [5, 5.41) is 16.0. The molecule has 0 fully saturated rings. The van der Waals surface area contributed by atoms with Crippen molar-refractivity contribution in [2.45, 2.75) is 12.8 Å². The van der Waals surface area contributed by atoms with Crippen LogP contribution in [0.5, 0.6) is 0 Å². The average Bonchev–Trinajstić information content (AvgIpc) is 2.12. The maximum Gasteiger partial charge on any atom is 0.372 e. The van der Waals surface area contributed by atoms with Gasteiger partial charge in [-0.1, -0.05) is 0 Å². The molecule has 0 aliphatic carbocycles. The van der Waals surface area contributed by atoms with Crippen molar-refractivity contribution in [1.82, 2.24) is 0 Å². The highest BCUT2D eigenvalue weighted by Gasteiger charge is 2.12. The number of carbonyl (C=O) groups is 3. The Morgan fingerprint density at radius 2 is 1.53 bits per heavy atom. The molecule has 0 saturated carbocycles. The molecule has 0 heterocycles. The van der Waals surface area contributed by atoms with Crippen molar-refractivity contribution in [3.63, 3.8) is 0 Å². The SMILES string of the molecule is NCCS(=O)(=O)O.O=C(O)CCC(=O)C(=O)O. The van der Waals surface area contributed by atoms with E-state index in [0.717, 1.165) is 0 Å². The summed E-state index contributed by atoms with van der Waals surface area (Å²) in [5.41, 5.74) is 4.78. The first-order valence-electron chi connectivity index (χ1n) is 4.23. The summed E-state index contributed by atoms with van der Waals surface area (Å²) < 4.78 is 27.3. The molecule has 0 aromatic heterocycles. The highest BCUT2D eigenvalue weighted by molar-refractivity contribution is 7.85. The van der Waals surface area contributed by atoms with Crippen molar-refractivity contribution in [1.29, 1.82) is 0 Å². The Balaban J connectivity index is 0. The van der Waals surface area contributed by atoms with Crippen LogP contribution in [-0.4, -0.2) is 53.2 Å². The van der Waals surface area contributed by atoms with Crippen molar-refractivity contribution in [2.75, 3.05) is 12.3 Å². The molecule has 0 aliphatic heterocycles. The lowest BCUT2D eigenvalue weighted by Crippen LogP contribution is -2.13. The van der Waals surface area contributed by atoms with E-state index >= 15 is 0 Å². The quantitative estimate of drug-likeness (QED) is 0.325. The molecule has 0 atom stereocenters. The summed E-state index contributed by atoms with van der Waals surface area (Å²) in [6.45, 7) is -0.0289. The molecular weight excluding hydrogens is 258 g/mol. The second kappa shape index (κ2) is 8.61. The number of hydrogen-bond acceptors (Lipinski definition) is 6. The zero-order chi connectivity index (χ0) is 14.1.